The van der Waals surface area contributed by atoms with Crippen molar-refractivity contribution in [3.63, 3.8) is 0 Å². The Balaban J connectivity index is 2.29. The number of aromatic nitrogens is 2. The smallest absolute Gasteiger partial charge is 0.189 e. The van der Waals surface area contributed by atoms with Gasteiger partial charge >= 0.3 is 0 Å². The Kier molecular flexibility index (Phi) is 2.96. The monoisotopic (exact) mass is 223 g/mol. The number of aryl methyl sites for hydroxylation is 1. The van der Waals surface area contributed by atoms with Gasteiger partial charge in [0.2, 0.25) is 0 Å². The molecule has 1 heterocycles. The zero-order valence-corrected chi connectivity index (χ0v) is 9.64. The van der Waals surface area contributed by atoms with Gasteiger partial charge in [0.15, 0.2) is 11.5 Å². The first-order chi connectivity index (χ1) is 7.65. The molecule has 2 atom stereocenters. The molecule has 88 valence electrons. The lowest BCUT2D eigenvalue weighted by atomic mass is 9.96. The van der Waals surface area contributed by atoms with Crippen molar-refractivity contribution in [3.05, 3.63) is 11.9 Å². The fraction of sp³-hybridized carbons (Fsp3) is 0.636. The van der Waals surface area contributed by atoms with Crippen LogP contribution in [0.4, 0.5) is 0 Å². The second kappa shape index (κ2) is 4.25. The molecule has 1 aliphatic rings. The topological polar surface area (TPSA) is 70.1 Å². The molecule has 16 heavy (non-hydrogen) atoms. The highest BCUT2D eigenvalue weighted by Gasteiger charge is 2.34. The van der Waals surface area contributed by atoms with Crippen molar-refractivity contribution in [1.82, 2.24) is 9.78 Å². The number of rotatable bonds is 3. The fourth-order valence-electron chi connectivity index (χ4n) is 2.34. The number of ketones is 1. The summed E-state index contributed by atoms with van der Waals surface area (Å²) in [7, 11) is 3.29. The molecule has 0 amide bonds. The van der Waals surface area contributed by atoms with Crippen LogP contribution in [0.25, 0.3) is 0 Å². The molecule has 1 saturated carbocycles. The molecule has 5 heteroatoms. The van der Waals surface area contributed by atoms with Gasteiger partial charge in [0.25, 0.3) is 0 Å². The number of methoxy groups -OCH3 is 1. The summed E-state index contributed by atoms with van der Waals surface area (Å²) in [6.07, 6.45) is 4.39. The van der Waals surface area contributed by atoms with Crippen molar-refractivity contribution in [2.75, 3.05) is 7.11 Å². The van der Waals surface area contributed by atoms with E-state index in [9.17, 15) is 4.79 Å². The van der Waals surface area contributed by atoms with Crippen LogP contribution in [0.5, 0.6) is 5.75 Å². The molecule has 1 fully saturated rings. The average molecular weight is 223 g/mol. The maximum absolute atomic E-state index is 12.3. The van der Waals surface area contributed by atoms with Crippen LogP contribution in [-0.4, -0.2) is 28.7 Å². The third kappa shape index (κ3) is 1.71. The molecule has 0 spiro atoms. The van der Waals surface area contributed by atoms with Crippen molar-refractivity contribution in [2.45, 2.75) is 25.3 Å². The number of carbonyl (C=O) groups is 1. The lowest BCUT2D eigenvalue weighted by Gasteiger charge is -2.14. The molecule has 2 rings (SSSR count). The van der Waals surface area contributed by atoms with E-state index in [1.165, 1.54) is 0 Å². The lowest BCUT2D eigenvalue weighted by Crippen LogP contribution is -2.31. The second-order valence-corrected chi connectivity index (χ2v) is 4.25. The fourth-order valence-corrected chi connectivity index (χ4v) is 2.34. The first-order valence-corrected chi connectivity index (χ1v) is 5.51. The average Bonchev–Trinajstić information content (AvgIpc) is 2.83. The van der Waals surface area contributed by atoms with Crippen LogP contribution in [0.2, 0.25) is 0 Å². The van der Waals surface area contributed by atoms with Gasteiger partial charge in [-0.1, -0.05) is 6.42 Å². The summed E-state index contributed by atoms with van der Waals surface area (Å²) >= 11 is 0. The van der Waals surface area contributed by atoms with Crippen LogP contribution < -0.4 is 10.5 Å². The number of hydrogen-bond acceptors (Lipinski definition) is 4. The Morgan fingerprint density at radius 2 is 2.38 bits per heavy atom. The minimum atomic E-state index is -0.0794. The van der Waals surface area contributed by atoms with E-state index in [0.717, 1.165) is 19.3 Å². The van der Waals surface area contributed by atoms with Crippen LogP contribution in [0, 0.1) is 5.92 Å². The lowest BCUT2D eigenvalue weighted by molar-refractivity contribution is 0.0900. The van der Waals surface area contributed by atoms with Gasteiger partial charge in [0, 0.05) is 19.0 Å². The Hall–Kier alpha value is -1.36. The predicted octanol–water partition coefficient (Wildman–Crippen LogP) is 0.739. The summed E-state index contributed by atoms with van der Waals surface area (Å²) in [5, 5.41) is 4.03. The SMILES string of the molecule is COc1cnn(C)c1C(=O)C1CCCC1N. The van der Waals surface area contributed by atoms with Crippen molar-refractivity contribution >= 4 is 5.78 Å². The summed E-state index contributed by atoms with van der Waals surface area (Å²) < 4.78 is 6.70. The van der Waals surface area contributed by atoms with E-state index in [1.54, 1.807) is 25.0 Å². The normalized spacial score (nSPS) is 24.7. The molecule has 0 bridgehead atoms. The molecule has 0 saturated heterocycles. The van der Waals surface area contributed by atoms with Crippen molar-refractivity contribution in [1.29, 1.82) is 0 Å². The standard InChI is InChI=1S/C11H17N3O2/c1-14-10(9(16-2)6-13-14)11(15)7-4-3-5-8(7)12/h6-8H,3-5,12H2,1-2H3. The molecule has 2 N–H and O–H groups in total. The van der Waals surface area contributed by atoms with E-state index in [-0.39, 0.29) is 17.7 Å². The van der Waals surface area contributed by atoms with Crippen molar-refractivity contribution in [2.24, 2.45) is 18.7 Å². The summed E-state index contributed by atoms with van der Waals surface area (Å²) in [4.78, 5) is 12.3. The van der Waals surface area contributed by atoms with Crippen molar-refractivity contribution in [3.8, 4) is 5.75 Å². The number of ether oxygens (including phenoxy) is 1. The van der Waals surface area contributed by atoms with Gasteiger partial charge in [-0.3, -0.25) is 9.48 Å². The maximum Gasteiger partial charge on any atom is 0.189 e. The Bertz CT molecular complexity index is 400. The molecule has 2 unspecified atom stereocenters. The summed E-state index contributed by atoms with van der Waals surface area (Å²) in [5.41, 5.74) is 6.47. The van der Waals surface area contributed by atoms with E-state index in [4.69, 9.17) is 10.5 Å². The van der Waals surface area contributed by atoms with Crippen LogP contribution in [0.3, 0.4) is 0 Å². The van der Waals surface area contributed by atoms with Gasteiger partial charge in [-0.15, -0.1) is 0 Å². The minimum Gasteiger partial charge on any atom is -0.493 e. The van der Waals surface area contributed by atoms with Gasteiger partial charge in [-0.2, -0.15) is 5.10 Å². The number of nitrogens with two attached hydrogens (primary N) is 1. The summed E-state index contributed by atoms with van der Waals surface area (Å²) in [6.45, 7) is 0. The highest BCUT2D eigenvalue weighted by Crippen LogP contribution is 2.30. The van der Waals surface area contributed by atoms with E-state index in [1.807, 2.05) is 0 Å². The van der Waals surface area contributed by atoms with Gasteiger partial charge < -0.3 is 10.5 Å². The summed E-state index contributed by atoms with van der Waals surface area (Å²) in [5.74, 6) is 0.512. The predicted molar refractivity (Wildman–Crippen MR) is 59.4 cm³/mol. The van der Waals surface area contributed by atoms with Gasteiger partial charge in [-0.05, 0) is 12.8 Å². The molecule has 0 aliphatic heterocycles. The molecule has 0 aromatic carbocycles. The second-order valence-electron chi connectivity index (χ2n) is 4.25. The number of nitrogens with zero attached hydrogens (tertiary/aromatic N) is 2. The number of Topliss-reactive ketones (excluding diaryl/α,β-unsaturated/α-hetero) is 1. The first kappa shape index (κ1) is 11.1. The van der Waals surface area contributed by atoms with E-state index in [0.29, 0.717) is 11.4 Å². The molecule has 1 aliphatic carbocycles. The molecular weight excluding hydrogens is 206 g/mol. The van der Waals surface area contributed by atoms with Crippen LogP contribution in [-0.2, 0) is 7.05 Å². The number of carbonyl (C=O) groups excluding carboxylic acids is 1. The first-order valence-electron chi connectivity index (χ1n) is 5.51. The van der Waals surface area contributed by atoms with Gasteiger partial charge in [0.1, 0.15) is 5.69 Å². The highest BCUT2D eigenvalue weighted by molar-refractivity contribution is 5.99. The maximum atomic E-state index is 12.3. The molecular formula is C11H17N3O2. The van der Waals surface area contributed by atoms with E-state index >= 15 is 0 Å². The number of hydrogen-bond donors (Lipinski definition) is 1. The van der Waals surface area contributed by atoms with Gasteiger partial charge in [0.05, 0.1) is 13.3 Å². The third-order valence-electron chi connectivity index (χ3n) is 3.26. The van der Waals surface area contributed by atoms with Crippen LogP contribution >= 0.6 is 0 Å². The Labute approximate surface area is 94.6 Å². The third-order valence-corrected chi connectivity index (χ3v) is 3.26. The molecule has 5 nitrogen and oxygen atoms in total. The molecule has 1 aromatic heterocycles. The molecule has 0 radical (unpaired) electrons. The zero-order chi connectivity index (χ0) is 11.7. The van der Waals surface area contributed by atoms with E-state index in [2.05, 4.69) is 5.10 Å². The van der Waals surface area contributed by atoms with Crippen molar-refractivity contribution < 1.29 is 9.53 Å². The Morgan fingerprint density at radius 1 is 1.62 bits per heavy atom. The van der Waals surface area contributed by atoms with Crippen LogP contribution in [0.1, 0.15) is 29.8 Å². The zero-order valence-electron chi connectivity index (χ0n) is 9.64. The van der Waals surface area contributed by atoms with Gasteiger partial charge in [-0.25, -0.2) is 0 Å². The quantitative estimate of drug-likeness (QED) is 0.767. The Morgan fingerprint density at radius 3 is 2.94 bits per heavy atom. The largest absolute Gasteiger partial charge is 0.493 e. The molecule has 1 aromatic rings. The highest BCUT2D eigenvalue weighted by atomic mass is 16.5. The summed E-state index contributed by atoms with van der Waals surface area (Å²) in [6, 6.07) is -0.0212. The van der Waals surface area contributed by atoms with E-state index < -0.39 is 0 Å². The minimum absolute atomic E-state index is 0.0212. The van der Waals surface area contributed by atoms with Crippen LogP contribution in [0.15, 0.2) is 6.20 Å².